The third kappa shape index (κ3) is 4.40. The van der Waals surface area contributed by atoms with E-state index in [4.69, 9.17) is 5.11 Å². The van der Waals surface area contributed by atoms with Crippen LogP contribution < -0.4 is 5.32 Å². The van der Waals surface area contributed by atoms with Crippen molar-refractivity contribution in [2.24, 2.45) is 0 Å². The molecule has 17 heavy (non-hydrogen) atoms. The van der Waals surface area contributed by atoms with E-state index < -0.39 is 12.5 Å². The number of alkyl halides is 2. The highest BCUT2D eigenvalue weighted by atomic mass is 19.3. The van der Waals surface area contributed by atoms with Crippen LogP contribution in [0.5, 0.6) is 0 Å². The Bertz CT molecular complexity index is 327. The number of hydrogen-bond donors (Lipinski definition) is 2. The maximum atomic E-state index is 12.1. The Morgan fingerprint density at radius 3 is 2.29 bits per heavy atom. The minimum atomic E-state index is -2.70. The summed E-state index contributed by atoms with van der Waals surface area (Å²) in [6.45, 7) is 3.88. The van der Waals surface area contributed by atoms with Crippen molar-refractivity contribution < 1.29 is 13.9 Å². The molecule has 2 N–H and O–H groups in total. The molecule has 2 atom stereocenters. The fourth-order valence-corrected chi connectivity index (χ4v) is 1.65. The highest BCUT2D eigenvalue weighted by molar-refractivity contribution is 5.24. The number of aryl methyl sites for hydroxylation is 1. The summed E-state index contributed by atoms with van der Waals surface area (Å²) in [5.41, 5.74) is 2.22. The Morgan fingerprint density at radius 1 is 1.24 bits per heavy atom. The topological polar surface area (TPSA) is 32.3 Å². The number of rotatable bonds is 6. The Labute approximate surface area is 101 Å². The van der Waals surface area contributed by atoms with Crippen molar-refractivity contribution in [2.45, 2.75) is 38.8 Å². The maximum absolute atomic E-state index is 12.1. The summed E-state index contributed by atoms with van der Waals surface area (Å²) >= 11 is 0. The van der Waals surface area contributed by atoms with Crippen molar-refractivity contribution >= 4 is 0 Å². The minimum absolute atomic E-state index is 0.00370. The molecule has 0 saturated heterocycles. The zero-order chi connectivity index (χ0) is 12.8. The largest absolute Gasteiger partial charge is 0.386 e. The van der Waals surface area contributed by atoms with Gasteiger partial charge in [-0.3, -0.25) is 0 Å². The molecule has 0 aromatic heterocycles. The number of halogens is 2. The van der Waals surface area contributed by atoms with Gasteiger partial charge in [-0.15, -0.1) is 0 Å². The number of nitrogens with one attached hydrogen (secondary N) is 1. The Hall–Kier alpha value is -1.00. The minimum Gasteiger partial charge on any atom is -0.386 e. The molecule has 0 bridgehead atoms. The van der Waals surface area contributed by atoms with E-state index in [-0.39, 0.29) is 12.6 Å². The van der Waals surface area contributed by atoms with Gasteiger partial charge >= 0.3 is 0 Å². The van der Waals surface area contributed by atoms with Gasteiger partial charge in [0.25, 0.3) is 6.43 Å². The van der Waals surface area contributed by atoms with E-state index in [0.29, 0.717) is 0 Å². The fourth-order valence-electron chi connectivity index (χ4n) is 1.65. The van der Waals surface area contributed by atoms with Crippen molar-refractivity contribution in [1.82, 2.24) is 5.32 Å². The zero-order valence-electron chi connectivity index (χ0n) is 10.2. The van der Waals surface area contributed by atoms with E-state index in [1.807, 2.05) is 38.1 Å². The van der Waals surface area contributed by atoms with Gasteiger partial charge < -0.3 is 10.4 Å². The van der Waals surface area contributed by atoms with Crippen LogP contribution >= 0.6 is 0 Å². The second-order valence-corrected chi connectivity index (χ2v) is 4.18. The van der Waals surface area contributed by atoms with Crippen molar-refractivity contribution in [3.63, 3.8) is 0 Å². The molecule has 0 aliphatic rings. The average Bonchev–Trinajstić information content (AvgIpc) is 2.31. The average molecular weight is 243 g/mol. The number of hydrogen-bond acceptors (Lipinski definition) is 2. The third-order valence-corrected chi connectivity index (χ3v) is 2.75. The summed E-state index contributed by atoms with van der Waals surface area (Å²) in [6.07, 6.45) is -3.51. The predicted molar refractivity (Wildman–Crippen MR) is 64.2 cm³/mol. The summed E-state index contributed by atoms with van der Waals surface area (Å²) in [5.74, 6) is 0. The molecule has 0 aliphatic carbocycles. The first kappa shape index (κ1) is 14.1. The van der Waals surface area contributed by atoms with Crippen molar-refractivity contribution in [1.29, 1.82) is 0 Å². The normalized spacial score (nSPS) is 14.9. The van der Waals surface area contributed by atoms with Gasteiger partial charge in [-0.05, 0) is 18.9 Å². The monoisotopic (exact) mass is 243 g/mol. The Morgan fingerprint density at radius 2 is 1.82 bits per heavy atom. The molecule has 4 heteroatoms. The molecule has 0 saturated carbocycles. The van der Waals surface area contributed by atoms with Crippen molar-refractivity contribution in [2.75, 3.05) is 6.54 Å². The SMILES string of the molecule is CCC(NCC(O)C(F)F)c1ccc(C)cc1. The molecule has 96 valence electrons. The summed E-state index contributed by atoms with van der Waals surface area (Å²) in [5, 5.41) is 12.0. The van der Waals surface area contributed by atoms with E-state index in [2.05, 4.69) is 5.32 Å². The van der Waals surface area contributed by atoms with Crippen LogP contribution in [0.2, 0.25) is 0 Å². The van der Waals surface area contributed by atoms with E-state index >= 15 is 0 Å². The van der Waals surface area contributed by atoms with E-state index in [1.165, 1.54) is 0 Å². The van der Waals surface area contributed by atoms with E-state index in [1.54, 1.807) is 0 Å². The zero-order valence-corrected chi connectivity index (χ0v) is 10.2. The summed E-state index contributed by atoms with van der Waals surface area (Å²) in [7, 11) is 0. The van der Waals surface area contributed by atoms with Crippen LogP contribution in [0, 0.1) is 6.92 Å². The highest BCUT2D eigenvalue weighted by Crippen LogP contribution is 2.17. The second-order valence-electron chi connectivity index (χ2n) is 4.18. The second kappa shape index (κ2) is 6.67. The molecule has 1 aromatic rings. The molecule has 0 amide bonds. The standard InChI is InChI=1S/C13H19F2NO/c1-3-11(16-8-12(17)13(14)15)10-6-4-9(2)5-7-10/h4-7,11-13,16-17H,3,8H2,1-2H3. The summed E-state index contributed by atoms with van der Waals surface area (Å²) < 4.78 is 24.3. The first-order valence-electron chi connectivity index (χ1n) is 5.80. The van der Waals surface area contributed by atoms with Gasteiger partial charge in [-0.1, -0.05) is 36.8 Å². The number of benzene rings is 1. The summed E-state index contributed by atoms with van der Waals surface area (Å²) in [4.78, 5) is 0. The first-order chi connectivity index (χ1) is 8.04. The number of aliphatic hydroxyl groups is 1. The van der Waals surface area contributed by atoms with Crippen LogP contribution in [-0.2, 0) is 0 Å². The van der Waals surface area contributed by atoms with Gasteiger partial charge in [0.05, 0.1) is 0 Å². The molecular weight excluding hydrogens is 224 g/mol. The van der Waals surface area contributed by atoms with Crippen LogP contribution in [0.25, 0.3) is 0 Å². The van der Waals surface area contributed by atoms with Crippen LogP contribution in [-0.4, -0.2) is 24.2 Å². The maximum Gasteiger partial charge on any atom is 0.265 e. The molecule has 0 heterocycles. The quantitative estimate of drug-likeness (QED) is 0.805. The van der Waals surface area contributed by atoms with Crippen LogP contribution in [0.15, 0.2) is 24.3 Å². The lowest BCUT2D eigenvalue weighted by molar-refractivity contribution is -0.00471. The first-order valence-corrected chi connectivity index (χ1v) is 5.80. The van der Waals surface area contributed by atoms with Crippen LogP contribution in [0.3, 0.4) is 0 Å². The van der Waals surface area contributed by atoms with Gasteiger partial charge in [0.15, 0.2) is 0 Å². The molecule has 1 aromatic carbocycles. The molecular formula is C13H19F2NO. The predicted octanol–water partition coefficient (Wildman–Crippen LogP) is 2.66. The third-order valence-electron chi connectivity index (χ3n) is 2.75. The van der Waals surface area contributed by atoms with Gasteiger partial charge in [0.1, 0.15) is 6.10 Å². The van der Waals surface area contributed by atoms with Crippen LogP contribution in [0.4, 0.5) is 8.78 Å². The van der Waals surface area contributed by atoms with Crippen LogP contribution in [0.1, 0.15) is 30.5 Å². The highest BCUT2D eigenvalue weighted by Gasteiger charge is 2.18. The smallest absolute Gasteiger partial charge is 0.265 e. The van der Waals surface area contributed by atoms with Gasteiger partial charge in [-0.25, -0.2) is 8.78 Å². The molecule has 0 radical (unpaired) electrons. The van der Waals surface area contributed by atoms with E-state index in [0.717, 1.165) is 17.5 Å². The molecule has 0 fully saturated rings. The Balaban J connectivity index is 2.57. The fraction of sp³-hybridized carbons (Fsp3) is 0.538. The molecule has 0 spiro atoms. The molecule has 2 unspecified atom stereocenters. The number of aliphatic hydroxyl groups excluding tert-OH is 1. The van der Waals surface area contributed by atoms with Crippen molar-refractivity contribution in [3.05, 3.63) is 35.4 Å². The lowest BCUT2D eigenvalue weighted by Gasteiger charge is -2.19. The molecule has 1 rings (SSSR count). The Kier molecular flexibility index (Phi) is 5.51. The van der Waals surface area contributed by atoms with E-state index in [9.17, 15) is 8.78 Å². The van der Waals surface area contributed by atoms with Gasteiger partial charge in [0.2, 0.25) is 0 Å². The molecule has 0 aliphatic heterocycles. The molecule has 2 nitrogen and oxygen atoms in total. The van der Waals surface area contributed by atoms with Crippen molar-refractivity contribution in [3.8, 4) is 0 Å². The summed E-state index contributed by atoms with van der Waals surface area (Å²) in [6, 6.07) is 7.94. The lowest BCUT2D eigenvalue weighted by atomic mass is 10.0. The lowest BCUT2D eigenvalue weighted by Crippen LogP contribution is -2.34. The van der Waals surface area contributed by atoms with Gasteiger partial charge in [-0.2, -0.15) is 0 Å². The van der Waals surface area contributed by atoms with Gasteiger partial charge in [0, 0.05) is 12.6 Å².